The van der Waals surface area contributed by atoms with Crippen LogP contribution in [0, 0.1) is 0 Å². The highest BCUT2D eigenvalue weighted by molar-refractivity contribution is 6.09. The van der Waals surface area contributed by atoms with E-state index in [4.69, 9.17) is 14.2 Å². The van der Waals surface area contributed by atoms with Gasteiger partial charge in [-0.05, 0) is 86.3 Å². The molecule has 0 radical (unpaired) electrons. The third kappa shape index (κ3) is 7.13. The summed E-state index contributed by atoms with van der Waals surface area (Å²) >= 11 is 0. The van der Waals surface area contributed by atoms with Crippen LogP contribution in [0.25, 0.3) is 44.1 Å². The zero-order chi connectivity index (χ0) is 33.5. The summed E-state index contributed by atoms with van der Waals surface area (Å²) in [5, 5.41) is 1.81. The zero-order valence-electron chi connectivity index (χ0n) is 27.6. The molecule has 0 saturated heterocycles. The Labute approximate surface area is 284 Å². The molecule has 0 amide bonds. The van der Waals surface area contributed by atoms with Crippen LogP contribution in [0.15, 0.2) is 77.9 Å². The third-order valence-corrected chi connectivity index (χ3v) is 7.82. The second-order valence-corrected chi connectivity index (χ2v) is 10.6. The number of hydrogen-bond donors (Lipinski definition) is 3. The molecule has 6 rings (SSSR count). The number of fused-ring (bicyclic) bond motifs is 2. The normalized spacial score (nSPS) is 10.6. The largest absolute Gasteiger partial charge is 0.481 e. The molecule has 0 bridgehead atoms. The van der Waals surface area contributed by atoms with Gasteiger partial charge in [0.25, 0.3) is 5.56 Å². The van der Waals surface area contributed by atoms with E-state index in [0.717, 1.165) is 51.3 Å². The molecule has 0 unspecified atom stereocenters. The van der Waals surface area contributed by atoms with Gasteiger partial charge in [0.2, 0.25) is 5.88 Å². The van der Waals surface area contributed by atoms with E-state index in [9.17, 15) is 14.4 Å². The minimum absolute atomic E-state index is 0. The lowest BCUT2D eigenvalue weighted by atomic mass is 10.0. The van der Waals surface area contributed by atoms with E-state index in [2.05, 4.69) is 45.9 Å². The highest BCUT2D eigenvalue weighted by Crippen LogP contribution is 2.38. The summed E-state index contributed by atoms with van der Waals surface area (Å²) in [7, 11) is 1.57. The van der Waals surface area contributed by atoms with Gasteiger partial charge >= 0.3 is 11.9 Å². The number of aromatic amines is 3. The third-order valence-electron chi connectivity index (χ3n) is 7.82. The highest BCUT2D eigenvalue weighted by atomic mass is 35.5. The number of carbonyl (C=O) groups is 2. The summed E-state index contributed by atoms with van der Waals surface area (Å²) in [4.78, 5) is 50.2. The number of rotatable bonds is 9. The molecule has 3 N–H and O–H groups in total. The second kappa shape index (κ2) is 16.0. The smallest absolute Gasteiger partial charge is 0.355 e. The van der Waals surface area contributed by atoms with Gasteiger partial charge in [-0.1, -0.05) is 26.0 Å². The van der Waals surface area contributed by atoms with Gasteiger partial charge in [-0.25, -0.2) is 14.6 Å². The number of carbonyl (C=O) groups excluding carboxylic acids is 2. The fourth-order valence-electron chi connectivity index (χ4n) is 5.55. The number of benzene rings is 2. The molecule has 2 aromatic carbocycles. The number of nitrogens with one attached hydrogen (secondary N) is 3. The fourth-order valence-corrected chi connectivity index (χ4v) is 5.55. The summed E-state index contributed by atoms with van der Waals surface area (Å²) < 4.78 is 15.7. The summed E-state index contributed by atoms with van der Waals surface area (Å²) in [6.07, 6.45) is 5.03. The van der Waals surface area contributed by atoms with E-state index in [0.29, 0.717) is 35.0 Å². The standard InChI is InChI=1S/C19H20N2O3.C18H18N2O3.ClH/c1-4-12-8-9-15-14(11-12)16(17(21-15)19(22)24-5-2)13-7-6-10-20-18(13)23-3;1-3-11-7-8-14-13(10-11)15(12-6-5-9-19-17(12)21)16(20-14)18(22)23-4-2;/h6-11,21H,4-5H2,1-3H3;5-10,20H,3-4H2,1-2H3,(H,19,21);1H. The molecule has 0 aliphatic rings. The summed E-state index contributed by atoms with van der Waals surface area (Å²) in [6.45, 7) is 8.31. The van der Waals surface area contributed by atoms with Crippen molar-refractivity contribution in [1.29, 1.82) is 0 Å². The summed E-state index contributed by atoms with van der Waals surface area (Å²) in [6, 6.07) is 19.3. The molecule has 4 heterocycles. The predicted molar refractivity (Wildman–Crippen MR) is 190 cm³/mol. The average Bonchev–Trinajstić information content (AvgIpc) is 3.67. The van der Waals surface area contributed by atoms with Crippen LogP contribution >= 0.6 is 12.4 Å². The number of hydrogen-bond acceptors (Lipinski definition) is 7. The Hall–Kier alpha value is -5.35. The minimum Gasteiger partial charge on any atom is -0.481 e. The van der Waals surface area contributed by atoms with Gasteiger partial charge in [-0.2, -0.15) is 0 Å². The number of H-pyrrole nitrogens is 3. The lowest BCUT2D eigenvalue weighted by Crippen LogP contribution is -2.11. The number of pyridine rings is 2. The maximum atomic E-state index is 12.4. The van der Waals surface area contributed by atoms with Gasteiger partial charge in [-0.3, -0.25) is 4.79 Å². The first-order chi connectivity index (χ1) is 22.8. The maximum Gasteiger partial charge on any atom is 0.355 e. The van der Waals surface area contributed by atoms with Crippen molar-refractivity contribution in [2.75, 3.05) is 20.3 Å². The van der Waals surface area contributed by atoms with Crippen molar-refractivity contribution < 1.29 is 23.8 Å². The topological polar surface area (TPSA) is 139 Å². The van der Waals surface area contributed by atoms with Crippen molar-refractivity contribution in [2.45, 2.75) is 40.5 Å². The Morgan fingerprint density at radius 2 is 1.25 bits per heavy atom. The molecule has 0 aliphatic carbocycles. The Morgan fingerprint density at radius 3 is 1.73 bits per heavy atom. The molecule has 11 heteroatoms. The van der Waals surface area contributed by atoms with Crippen molar-refractivity contribution in [2.24, 2.45) is 0 Å². The highest BCUT2D eigenvalue weighted by Gasteiger charge is 2.24. The first kappa shape index (κ1) is 35.5. The lowest BCUT2D eigenvalue weighted by molar-refractivity contribution is 0.0512. The molecule has 6 aromatic rings. The van der Waals surface area contributed by atoms with Gasteiger partial charge in [0.05, 0.1) is 20.3 Å². The van der Waals surface area contributed by atoms with Gasteiger partial charge < -0.3 is 29.2 Å². The first-order valence-corrected chi connectivity index (χ1v) is 15.7. The van der Waals surface area contributed by atoms with E-state index in [1.807, 2.05) is 36.4 Å². The van der Waals surface area contributed by atoms with Crippen LogP contribution in [-0.2, 0) is 22.3 Å². The van der Waals surface area contributed by atoms with Crippen LogP contribution in [0.3, 0.4) is 0 Å². The Balaban J connectivity index is 0.000000212. The lowest BCUT2D eigenvalue weighted by Gasteiger charge is -2.09. The van der Waals surface area contributed by atoms with Crippen LogP contribution in [0.4, 0.5) is 0 Å². The Bertz CT molecular complexity index is 2110. The van der Waals surface area contributed by atoms with E-state index >= 15 is 0 Å². The molecule has 0 saturated carbocycles. The molecular formula is C37H39ClN4O6. The van der Waals surface area contributed by atoms with E-state index in [1.54, 1.807) is 45.5 Å². The number of aromatic nitrogens is 4. The summed E-state index contributed by atoms with van der Waals surface area (Å²) in [5.74, 6) is -0.362. The molecule has 48 heavy (non-hydrogen) atoms. The Morgan fingerprint density at radius 1 is 0.729 bits per heavy atom. The zero-order valence-corrected chi connectivity index (χ0v) is 28.4. The molecule has 250 valence electrons. The molecule has 10 nitrogen and oxygen atoms in total. The quantitative estimate of drug-likeness (QED) is 0.134. The molecule has 0 aliphatic heterocycles. The number of methoxy groups -OCH3 is 1. The van der Waals surface area contributed by atoms with Crippen LogP contribution in [-0.4, -0.2) is 52.2 Å². The average molecular weight is 671 g/mol. The molecule has 0 atom stereocenters. The van der Waals surface area contributed by atoms with Crippen LogP contribution in [0.1, 0.15) is 59.8 Å². The monoisotopic (exact) mass is 670 g/mol. The van der Waals surface area contributed by atoms with Gasteiger partial charge in [-0.15, -0.1) is 12.4 Å². The van der Waals surface area contributed by atoms with Gasteiger partial charge in [0, 0.05) is 56.5 Å². The molecule has 0 spiro atoms. The number of aryl methyl sites for hydroxylation is 2. The van der Waals surface area contributed by atoms with Crippen LogP contribution in [0.2, 0.25) is 0 Å². The summed E-state index contributed by atoms with van der Waals surface area (Å²) in [5.41, 5.74) is 7.11. The number of nitrogens with zero attached hydrogens (tertiary/aromatic N) is 1. The first-order valence-electron chi connectivity index (χ1n) is 15.7. The Kier molecular flexibility index (Phi) is 11.8. The predicted octanol–water partition coefficient (Wildman–Crippen LogP) is 7.66. The van der Waals surface area contributed by atoms with E-state index < -0.39 is 5.97 Å². The fraction of sp³-hybridized carbons (Fsp3) is 0.243. The SMILES string of the molecule is CCOC(=O)c1[nH]c2ccc(CC)cc2c1-c1ccc[nH]c1=O.CCOC(=O)c1[nH]c2ccc(CC)cc2c1-c1cccnc1OC.Cl. The number of esters is 2. The van der Waals surface area contributed by atoms with Crippen LogP contribution < -0.4 is 10.3 Å². The molecule has 0 fully saturated rings. The van der Waals surface area contributed by atoms with Crippen molar-refractivity contribution >= 4 is 46.2 Å². The minimum atomic E-state index is -0.458. The van der Waals surface area contributed by atoms with Crippen molar-refractivity contribution in [3.05, 3.63) is 106 Å². The van der Waals surface area contributed by atoms with Crippen molar-refractivity contribution in [3.8, 4) is 28.1 Å². The van der Waals surface area contributed by atoms with E-state index in [-0.39, 0.29) is 30.5 Å². The number of ether oxygens (including phenoxy) is 3. The van der Waals surface area contributed by atoms with Crippen molar-refractivity contribution in [3.63, 3.8) is 0 Å². The van der Waals surface area contributed by atoms with Crippen molar-refractivity contribution in [1.82, 2.24) is 19.9 Å². The van der Waals surface area contributed by atoms with Crippen LogP contribution in [0.5, 0.6) is 5.88 Å². The number of halogens is 1. The molecule has 4 aromatic heterocycles. The van der Waals surface area contributed by atoms with Gasteiger partial charge in [0.15, 0.2) is 0 Å². The van der Waals surface area contributed by atoms with E-state index in [1.165, 1.54) is 5.56 Å². The molecular weight excluding hydrogens is 632 g/mol. The second-order valence-electron chi connectivity index (χ2n) is 10.6. The van der Waals surface area contributed by atoms with Gasteiger partial charge in [0.1, 0.15) is 11.4 Å². The maximum absolute atomic E-state index is 12.4.